The summed E-state index contributed by atoms with van der Waals surface area (Å²) in [5, 5.41) is 3.69. The van der Waals surface area contributed by atoms with E-state index in [1.165, 1.54) is 18.1 Å². The Labute approximate surface area is 166 Å². The first-order valence-electron chi connectivity index (χ1n) is 10.0. The van der Waals surface area contributed by atoms with Gasteiger partial charge in [-0.2, -0.15) is 0 Å². The molecule has 1 N–H and O–H groups in total. The van der Waals surface area contributed by atoms with E-state index in [1.807, 2.05) is 12.2 Å². The van der Waals surface area contributed by atoms with Crippen LogP contribution in [-0.2, 0) is 24.4 Å². The van der Waals surface area contributed by atoms with Gasteiger partial charge in [0.25, 0.3) is 0 Å². The van der Waals surface area contributed by atoms with Crippen LogP contribution in [0.1, 0.15) is 51.3 Å². The van der Waals surface area contributed by atoms with Crippen molar-refractivity contribution < 1.29 is 19.0 Å². The van der Waals surface area contributed by atoms with Crippen molar-refractivity contribution in [2.75, 3.05) is 18.5 Å². The van der Waals surface area contributed by atoms with E-state index in [9.17, 15) is 4.79 Å². The topological polar surface area (TPSA) is 56.8 Å². The van der Waals surface area contributed by atoms with E-state index in [0.717, 1.165) is 5.69 Å². The number of benzene rings is 1. The Morgan fingerprint density at radius 3 is 2.75 bits per heavy atom. The third-order valence-corrected chi connectivity index (χ3v) is 5.70. The van der Waals surface area contributed by atoms with Crippen LogP contribution < -0.4 is 5.32 Å². The van der Waals surface area contributed by atoms with Crippen molar-refractivity contribution in [1.82, 2.24) is 0 Å². The third-order valence-electron chi connectivity index (χ3n) is 5.70. The summed E-state index contributed by atoms with van der Waals surface area (Å²) in [5.74, 6) is 0.569. The predicted octanol–water partition coefficient (Wildman–Crippen LogP) is 4.26. The molecule has 0 radical (unpaired) electrons. The number of esters is 1. The molecule has 1 aromatic carbocycles. The molecule has 1 aliphatic carbocycles. The second kappa shape index (κ2) is 7.37. The van der Waals surface area contributed by atoms with Crippen molar-refractivity contribution in [3.63, 3.8) is 0 Å². The van der Waals surface area contributed by atoms with Crippen molar-refractivity contribution in [1.29, 1.82) is 0 Å². The zero-order chi connectivity index (χ0) is 19.9. The van der Waals surface area contributed by atoms with E-state index in [4.69, 9.17) is 14.2 Å². The Kier molecular flexibility index (Phi) is 5.06. The normalized spacial score (nSPS) is 29.2. The van der Waals surface area contributed by atoms with Crippen LogP contribution in [0.15, 0.2) is 42.2 Å². The smallest absolute Gasteiger partial charge is 0.307 e. The fraction of sp³-hybridized carbons (Fsp3) is 0.522. The highest BCUT2D eigenvalue weighted by molar-refractivity contribution is 5.67. The Hall–Kier alpha value is -2.11. The molecule has 0 saturated carbocycles. The highest BCUT2D eigenvalue weighted by Gasteiger charge is 2.43. The van der Waals surface area contributed by atoms with Crippen LogP contribution >= 0.6 is 0 Å². The number of carbonyl (C=O) groups is 1. The minimum atomic E-state index is -0.285. The number of hydrogen-bond donors (Lipinski definition) is 1. The lowest BCUT2D eigenvalue weighted by molar-refractivity contribution is -0.154. The summed E-state index contributed by atoms with van der Waals surface area (Å²) < 4.78 is 17.7. The van der Waals surface area contributed by atoms with Gasteiger partial charge in [0.1, 0.15) is 18.0 Å². The summed E-state index contributed by atoms with van der Waals surface area (Å²) in [6.07, 6.45) is 6.48. The number of ether oxygens (including phenoxy) is 3. The zero-order valence-corrected chi connectivity index (χ0v) is 17.0. The van der Waals surface area contributed by atoms with Gasteiger partial charge >= 0.3 is 5.97 Å². The lowest BCUT2D eigenvalue weighted by Gasteiger charge is -2.45. The third kappa shape index (κ3) is 3.74. The largest absolute Gasteiger partial charge is 0.431 e. The molecule has 0 bridgehead atoms. The van der Waals surface area contributed by atoms with Gasteiger partial charge in [-0.15, -0.1) is 0 Å². The first-order valence-corrected chi connectivity index (χ1v) is 10.0. The fourth-order valence-corrected chi connectivity index (χ4v) is 4.29. The van der Waals surface area contributed by atoms with E-state index in [2.05, 4.69) is 50.4 Å². The van der Waals surface area contributed by atoms with Gasteiger partial charge in [-0.25, -0.2) is 0 Å². The highest BCUT2D eigenvalue weighted by atomic mass is 16.6. The number of hydrogen-bond acceptors (Lipinski definition) is 5. The Bertz CT molecular complexity index is 820. The summed E-state index contributed by atoms with van der Waals surface area (Å²) in [7, 11) is 0. The van der Waals surface area contributed by atoms with Crippen LogP contribution in [0.25, 0.3) is 0 Å². The van der Waals surface area contributed by atoms with Crippen LogP contribution in [-0.4, -0.2) is 31.3 Å². The molecule has 4 atom stereocenters. The second-order valence-electron chi connectivity index (χ2n) is 8.83. The predicted molar refractivity (Wildman–Crippen MR) is 108 cm³/mol. The monoisotopic (exact) mass is 383 g/mol. The lowest BCUT2D eigenvalue weighted by Crippen LogP contribution is -2.51. The van der Waals surface area contributed by atoms with Crippen molar-refractivity contribution in [2.45, 2.75) is 57.8 Å². The molecule has 2 aliphatic heterocycles. The van der Waals surface area contributed by atoms with Gasteiger partial charge in [-0.05, 0) is 23.1 Å². The van der Waals surface area contributed by atoms with Gasteiger partial charge in [0, 0.05) is 30.5 Å². The maximum absolute atomic E-state index is 11.4. The van der Waals surface area contributed by atoms with Crippen LogP contribution in [0.4, 0.5) is 5.69 Å². The highest BCUT2D eigenvalue weighted by Crippen LogP contribution is 2.43. The SMILES string of the molecule is CC(=O)OC1=CC=CC([C@@H]2Nc3ccc(C(C)(C)C)cc3[C@H]3OCCO[C@H]32)C1. The molecule has 1 saturated heterocycles. The molecule has 28 heavy (non-hydrogen) atoms. The van der Waals surface area contributed by atoms with E-state index in [0.29, 0.717) is 25.4 Å². The number of rotatable bonds is 2. The quantitative estimate of drug-likeness (QED) is 0.774. The van der Waals surface area contributed by atoms with Crippen molar-refractivity contribution in [3.8, 4) is 0 Å². The summed E-state index contributed by atoms with van der Waals surface area (Å²) >= 11 is 0. The standard InChI is InChI=1S/C23H29NO4/c1-14(25)28-17-7-5-6-15(12-17)20-22-21(26-10-11-27-22)18-13-16(23(2,3)4)8-9-19(18)24-20/h5-9,13,15,20-22,24H,10-12H2,1-4H3/t15?,20-,21+,22-/m0/s1. The Balaban J connectivity index is 1.64. The van der Waals surface area contributed by atoms with Crippen molar-refractivity contribution >= 4 is 11.7 Å². The zero-order valence-electron chi connectivity index (χ0n) is 17.0. The molecule has 0 amide bonds. The molecule has 1 aromatic rings. The molecule has 3 aliphatic rings. The van der Waals surface area contributed by atoms with Crippen molar-refractivity contribution in [3.05, 3.63) is 53.3 Å². The lowest BCUT2D eigenvalue weighted by atomic mass is 9.79. The van der Waals surface area contributed by atoms with Gasteiger partial charge in [-0.3, -0.25) is 4.79 Å². The minimum Gasteiger partial charge on any atom is -0.431 e. The van der Waals surface area contributed by atoms with Crippen LogP contribution in [0.5, 0.6) is 0 Å². The summed E-state index contributed by atoms with van der Waals surface area (Å²) in [4.78, 5) is 11.4. The number of carbonyl (C=O) groups excluding carboxylic acids is 1. The number of allylic oxidation sites excluding steroid dienone is 3. The average Bonchev–Trinajstić information content (AvgIpc) is 2.66. The van der Waals surface area contributed by atoms with Gasteiger partial charge in [0.15, 0.2) is 0 Å². The summed E-state index contributed by atoms with van der Waals surface area (Å²) in [5.41, 5.74) is 3.63. The molecule has 1 fully saturated rings. The van der Waals surface area contributed by atoms with Gasteiger partial charge in [-0.1, -0.05) is 45.1 Å². The molecular formula is C23H29NO4. The Morgan fingerprint density at radius 1 is 1.21 bits per heavy atom. The van der Waals surface area contributed by atoms with Gasteiger partial charge in [0.05, 0.1) is 19.3 Å². The van der Waals surface area contributed by atoms with Crippen molar-refractivity contribution in [2.24, 2.45) is 5.92 Å². The molecule has 150 valence electrons. The molecular weight excluding hydrogens is 354 g/mol. The fourth-order valence-electron chi connectivity index (χ4n) is 4.29. The number of nitrogens with one attached hydrogen (secondary N) is 1. The van der Waals surface area contributed by atoms with Gasteiger partial charge in [0.2, 0.25) is 0 Å². The van der Waals surface area contributed by atoms with E-state index < -0.39 is 0 Å². The molecule has 2 heterocycles. The molecule has 0 aromatic heterocycles. The first-order chi connectivity index (χ1) is 13.3. The van der Waals surface area contributed by atoms with Crippen LogP contribution in [0, 0.1) is 5.92 Å². The van der Waals surface area contributed by atoms with E-state index >= 15 is 0 Å². The summed E-state index contributed by atoms with van der Waals surface area (Å²) in [6, 6.07) is 6.65. The Morgan fingerprint density at radius 2 is 2.00 bits per heavy atom. The summed E-state index contributed by atoms with van der Waals surface area (Å²) in [6.45, 7) is 9.30. The molecule has 0 spiro atoms. The van der Waals surface area contributed by atoms with Crippen LogP contribution in [0.2, 0.25) is 0 Å². The van der Waals surface area contributed by atoms with Gasteiger partial charge < -0.3 is 19.5 Å². The van der Waals surface area contributed by atoms with Crippen LogP contribution in [0.3, 0.4) is 0 Å². The second-order valence-corrected chi connectivity index (χ2v) is 8.83. The number of anilines is 1. The maximum Gasteiger partial charge on any atom is 0.307 e. The van der Waals surface area contributed by atoms with E-state index in [-0.39, 0.29) is 35.6 Å². The molecule has 5 heteroatoms. The number of fused-ring (bicyclic) bond motifs is 3. The minimum absolute atomic E-state index is 0.0498. The maximum atomic E-state index is 11.4. The van der Waals surface area contributed by atoms with E-state index in [1.54, 1.807) is 0 Å². The average molecular weight is 383 g/mol. The molecule has 4 rings (SSSR count). The molecule has 1 unspecified atom stereocenters. The first kappa shape index (κ1) is 19.2. The molecule has 5 nitrogen and oxygen atoms in total.